The maximum atomic E-state index is 13.6. The summed E-state index contributed by atoms with van der Waals surface area (Å²) in [6, 6.07) is 21.1. The van der Waals surface area contributed by atoms with Crippen LogP contribution in [0.2, 0.25) is 0 Å². The molecule has 4 rings (SSSR count). The third-order valence-corrected chi connectivity index (χ3v) is 5.60. The summed E-state index contributed by atoms with van der Waals surface area (Å²) in [4.78, 5) is 39.2. The van der Waals surface area contributed by atoms with E-state index in [4.69, 9.17) is 4.74 Å². The average Bonchev–Trinajstić information content (AvgIpc) is 2.86. The largest absolute Gasteiger partial charge is 0.495 e. The Labute approximate surface area is 197 Å². The first-order chi connectivity index (χ1) is 16.4. The van der Waals surface area contributed by atoms with Gasteiger partial charge in [0.1, 0.15) is 5.75 Å². The van der Waals surface area contributed by atoms with Crippen LogP contribution in [0.25, 0.3) is 16.6 Å². The highest BCUT2D eigenvalue weighted by Gasteiger charge is 2.17. The molecule has 4 aromatic rings. The number of para-hydroxylation sites is 3. The molecular formula is C27H27N3O4. The van der Waals surface area contributed by atoms with Crippen LogP contribution in [0.5, 0.6) is 5.75 Å². The predicted octanol–water partition coefficient (Wildman–Crippen LogP) is 3.60. The Balaban J connectivity index is 1.78. The predicted molar refractivity (Wildman–Crippen MR) is 133 cm³/mol. The summed E-state index contributed by atoms with van der Waals surface area (Å²) < 4.78 is 8.12. The monoisotopic (exact) mass is 457 g/mol. The third-order valence-electron chi connectivity index (χ3n) is 5.60. The number of fused-ring (bicyclic) bond motifs is 1. The van der Waals surface area contributed by atoms with Gasteiger partial charge >= 0.3 is 5.69 Å². The molecule has 7 heteroatoms. The van der Waals surface area contributed by atoms with Gasteiger partial charge in [-0.15, -0.1) is 0 Å². The number of nitrogens with one attached hydrogen (secondary N) is 1. The van der Waals surface area contributed by atoms with Crippen LogP contribution in [0.15, 0.2) is 82.4 Å². The summed E-state index contributed by atoms with van der Waals surface area (Å²) in [6.45, 7) is 4.92. The molecule has 0 atom stereocenters. The SMILES string of the molecule is COc1ccccc1-n1c(=O)c2ccccc2n(Cc2ccc(C(=O)NCC(C)C)cc2)c1=O. The number of methoxy groups -OCH3 is 1. The molecule has 3 aromatic carbocycles. The number of hydrogen-bond acceptors (Lipinski definition) is 4. The highest BCUT2D eigenvalue weighted by molar-refractivity contribution is 5.94. The fourth-order valence-corrected chi connectivity index (χ4v) is 3.84. The van der Waals surface area contributed by atoms with Crippen molar-refractivity contribution in [3.8, 4) is 11.4 Å². The van der Waals surface area contributed by atoms with Gasteiger partial charge in [-0.3, -0.25) is 14.2 Å². The molecule has 1 aromatic heterocycles. The Kier molecular flexibility index (Phi) is 6.63. The second-order valence-corrected chi connectivity index (χ2v) is 8.50. The van der Waals surface area contributed by atoms with Crippen LogP contribution in [0.3, 0.4) is 0 Å². The molecule has 0 unspecified atom stereocenters. The van der Waals surface area contributed by atoms with Crippen LogP contribution in [0.1, 0.15) is 29.8 Å². The lowest BCUT2D eigenvalue weighted by atomic mass is 10.1. The second kappa shape index (κ2) is 9.79. The zero-order valence-corrected chi connectivity index (χ0v) is 19.4. The number of carbonyl (C=O) groups excluding carboxylic acids is 1. The van der Waals surface area contributed by atoms with Gasteiger partial charge in [0.2, 0.25) is 0 Å². The highest BCUT2D eigenvalue weighted by atomic mass is 16.5. The van der Waals surface area contributed by atoms with E-state index >= 15 is 0 Å². The van der Waals surface area contributed by atoms with Crippen LogP contribution >= 0.6 is 0 Å². The number of rotatable bonds is 7. The quantitative estimate of drug-likeness (QED) is 0.460. The first-order valence-corrected chi connectivity index (χ1v) is 11.2. The van der Waals surface area contributed by atoms with Crippen molar-refractivity contribution in [2.45, 2.75) is 20.4 Å². The lowest BCUT2D eigenvalue weighted by molar-refractivity contribution is 0.0949. The zero-order valence-electron chi connectivity index (χ0n) is 19.4. The van der Waals surface area contributed by atoms with Crippen molar-refractivity contribution in [2.75, 3.05) is 13.7 Å². The summed E-state index contributed by atoms with van der Waals surface area (Å²) >= 11 is 0. The summed E-state index contributed by atoms with van der Waals surface area (Å²) in [7, 11) is 1.50. The van der Waals surface area contributed by atoms with Gasteiger partial charge in [0.25, 0.3) is 11.5 Å². The van der Waals surface area contributed by atoms with E-state index in [1.807, 2.05) is 26.0 Å². The highest BCUT2D eigenvalue weighted by Crippen LogP contribution is 2.20. The number of carbonyl (C=O) groups is 1. The topological polar surface area (TPSA) is 82.3 Å². The van der Waals surface area contributed by atoms with E-state index in [1.54, 1.807) is 65.2 Å². The number of hydrogen-bond donors (Lipinski definition) is 1. The Hall–Kier alpha value is -4.13. The van der Waals surface area contributed by atoms with Crippen LogP contribution in [0, 0.1) is 5.92 Å². The number of benzene rings is 3. The van der Waals surface area contributed by atoms with Crippen molar-refractivity contribution in [3.63, 3.8) is 0 Å². The van der Waals surface area contributed by atoms with E-state index in [0.29, 0.717) is 40.4 Å². The molecule has 0 fully saturated rings. The number of ether oxygens (including phenoxy) is 1. The molecule has 1 N–H and O–H groups in total. The molecule has 1 heterocycles. The molecule has 0 aliphatic heterocycles. The fraction of sp³-hybridized carbons (Fsp3) is 0.222. The molecule has 7 nitrogen and oxygen atoms in total. The van der Waals surface area contributed by atoms with E-state index in [1.165, 1.54) is 7.11 Å². The molecule has 0 saturated heterocycles. The minimum atomic E-state index is -0.466. The lowest BCUT2D eigenvalue weighted by Gasteiger charge is -2.16. The summed E-state index contributed by atoms with van der Waals surface area (Å²) in [5.41, 5.74) is 1.45. The van der Waals surface area contributed by atoms with Gasteiger partial charge in [0.15, 0.2) is 0 Å². The number of amides is 1. The first kappa shape index (κ1) is 23.0. The average molecular weight is 458 g/mol. The molecule has 174 valence electrons. The van der Waals surface area contributed by atoms with Crippen LogP contribution in [-0.4, -0.2) is 28.7 Å². The molecule has 0 saturated carbocycles. The minimum absolute atomic E-state index is 0.132. The first-order valence-electron chi connectivity index (χ1n) is 11.2. The van der Waals surface area contributed by atoms with Gasteiger partial charge in [0.05, 0.1) is 30.2 Å². The van der Waals surface area contributed by atoms with Crippen LogP contribution in [0.4, 0.5) is 0 Å². The standard InChI is InChI=1S/C27H27N3O4/c1-18(2)16-28-25(31)20-14-12-19(13-15-20)17-29-22-9-5-4-8-21(22)26(32)30(27(29)33)23-10-6-7-11-24(23)34-3/h4-15,18H,16-17H2,1-3H3,(H,28,31). The Morgan fingerprint density at radius 3 is 2.32 bits per heavy atom. The normalized spacial score (nSPS) is 11.1. The van der Waals surface area contributed by atoms with Gasteiger partial charge in [-0.1, -0.05) is 50.2 Å². The smallest absolute Gasteiger partial charge is 0.336 e. The van der Waals surface area contributed by atoms with E-state index in [2.05, 4.69) is 5.32 Å². The summed E-state index contributed by atoms with van der Waals surface area (Å²) in [5.74, 6) is 0.662. The molecule has 1 amide bonds. The fourth-order valence-electron chi connectivity index (χ4n) is 3.84. The van der Waals surface area contributed by atoms with Crippen LogP contribution in [-0.2, 0) is 6.54 Å². The number of aromatic nitrogens is 2. The van der Waals surface area contributed by atoms with Crippen molar-refractivity contribution in [1.29, 1.82) is 0 Å². The van der Waals surface area contributed by atoms with Gasteiger partial charge in [-0.05, 0) is 47.9 Å². The maximum Gasteiger partial charge on any atom is 0.336 e. The maximum absolute atomic E-state index is 13.6. The number of nitrogens with zero attached hydrogens (tertiary/aromatic N) is 2. The molecule has 34 heavy (non-hydrogen) atoms. The molecule has 0 spiro atoms. The Morgan fingerprint density at radius 2 is 1.62 bits per heavy atom. The molecule has 0 aliphatic carbocycles. The van der Waals surface area contributed by atoms with Crippen molar-refractivity contribution >= 4 is 16.8 Å². The minimum Gasteiger partial charge on any atom is -0.495 e. The van der Waals surface area contributed by atoms with Gasteiger partial charge in [-0.25, -0.2) is 9.36 Å². The molecule has 0 bridgehead atoms. The van der Waals surface area contributed by atoms with Crippen LogP contribution < -0.4 is 21.3 Å². The Morgan fingerprint density at radius 1 is 0.941 bits per heavy atom. The lowest BCUT2D eigenvalue weighted by Crippen LogP contribution is -2.39. The van der Waals surface area contributed by atoms with Crippen molar-refractivity contribution in [1.82, 2.24) is 14.5 Å². The van der Waals surface area contributed by atoms with E-state index in [-0.39, 0.29) is 12.5 Å². The third kappa shape index (κ3) is 4.50. The van der Waals surface area contributed by atoms with Crippen molar-refractivity contribution in [3.05, 3.63) is 105 Å². The summed E-state index contributed by atoms with van der Waals surface area (Å²) in [5, 5.41) is 3.33. The van der Waals surface area contributed by atoms with E-state index in [9.17, 15) is 14.4 Å². The van der Waals surface area contributed by atoms with E-state index < -0.39 is 11.2 Å². The van der Waals surface area contributed by atoms with Crippen molar-refractivity contribution in [2.24, 2.45) is 5.92 Å². The zero-order chi connectivity index (χ0) is 24.2. The van der Waals surface area contributed by atoms with Gasteiger partial charge < -0.3 is 10.1 Å². The van der Waals surface area contributed by atoms with Crippen molar-refractivity contribution < 1.29 is 9.53 Å². The van der Waals surface area contributed by atoms with E-state index in [0.717, 1.165) is 10.1 Å². The molecule has 0 aliphatic rings. The van der Waals surface area contributed by atoms with Gasteiger partial charge in [-0.2, -0.15) is 0 Å². The van der Waals surface area contributed by atoms with Gasteiger partial charge in [0, 0.05) is 12.1 Å². The Bertz CT molecular complexity index is 1450. The summed E-state index contributed by atoms with van der Waals surface area (Å²) in [6.07, 6.45) is 0. The molecular weight excluding hydrogens is 430 g/mol. The molecule has 0 radical (unpaired) electrons. The second-order valence-electron chi connectivity index (χ2n) is 8.50.